The highest BCUT2D eigenvalue weighted by Gasteiger charge is 2.16. The maximum atomic E-state index is 10.7. The van der Waals surface area contributed by atoms with E-state index in [0.717, 1.165) is 6.42 Å². The van der Waals surface area contributed by atoms with Gasteiger partial charge in [-0.3, -0.25) is 16.0 Å². The van der Waals surface area contributed by atoms with Crippen molar-refractivity contribution < 1.29 is 9.66 Å². The van der Waals surface area contributed by atoms with Crippen LogP contribution in [0.1, 0.15) is 18.9 Å². The number of nitrogens with two attached hydrogens (primary N) is 1. The first-order valence-electron chi connectivity index (χ1n) is 5.01. The Labute approximate surface area is 93.5 Å². The molecule has 6 nitrogen and oxygen atoms in total. The third kappa shape index (κ3) is 2.91. The monoisotopic (exact) mass is 225 g/mol. The van der Waals surface area contributed by atoms with Gasteiger partial charge in [-0.2, -0.15) is 0 Å². The van der Waals surface area contributed by atoms with Crippen LogP contribution in [0.4, 0.5) is 11.4 Å². The van der Waals surface area contributed by atoms with Gasteiger partial charge in [0.05, 0.1) is 11.5 Å². The van der Waals surface area contributed by atoms with Gasteiger partial charge in [-0.15, -0.1) is 0 Å². The van der Waals surface area contributed by atoms with E-state index in [4.69, 9.17) is 10.6 Å². The van der Waals surface area contributed by atoms with Crippen LogP contribution in [0, 0.1) is 10.1 Å². The van der Waals surface area contributed by atoms with Crippen molar-refractivity contribution in [2.75, 3.05) is 12.0 Å². The normalized spacial score (nSPS) is 10.1. The second kappa shape index (κ2) is 6.04. The molecule has 0 heterocycles. The average Bonchev–Trinajstić information content (AvgIpc) is 2.29. The molecule has 0 saturated carbocycles. The molecule has 6 heteroatoms. The van der Waals surface area contributed by atoms with Crippen molar-refractivity contribution in [1.82, 2.24) is 0 Å². The largest absolute Gasteiger partial charge is 0.377 e. The SMILES string of the molecule is CCCOCc1cccc([N+](=O)[O-])c1NN. The van der Waals surface area contributed by atoms with E-state index in [0.29, 0.717) is 24.5 Å². The van der Waals surface area contributed by atoms with Gasteiger partial charge in [0.1, 0.15) is 5.69 Å². The summed E-state index contributed by atoms with van der Waals surface area (Å²) >= 11 is 0. The lowest BCUT2D eigenvalue weighted by Gasteiger charge is -2.09. The van der Waals surface area contributed by atoms with Crippen molar-refractivity contribution >= 4 is 11.4 Å². The lowest BCUT2D eigenvalue weighted by atomic mass is 10.1. The Balaban J connectivity index is 2.90. The maximum Gasteiger partial charge on any atom is 0.294 e. The van der Waals surface area contributed by atoms with Crippen LogP contribution in [0.5, 0.6) is 0 Å². The Morgan fingerprint density at radius 1 is 1.56 bits per heavy atom. The van der Waals surface area contributed by atoms with E-state index in [1.54, 1.807) is 12.1 Å². The zero-order valence-electron chi connectivity index (χ0n) is 9.10. The molecule has 1 rings (SSSR count). The van der Waals surface area contributed by atoms with Gasteiger partial charge in [0.2, 0.25) is 0 Å². The third-order valence-corrected chi connectivity index (χ3v) is 2.08. The predicted molar refractivity (Wildman–Crippen MR) is 60.9 cm³/mol. The average molecular weight is 225 g/mol. The molecule has 0 aliphatic heterocycles. The highest BCUT2D eigenvalue weighted by atomic mass is 16.6. The lowest BCUT2D eigenvalue weighted by Crippen LogP contribution is -2.12. The smallest absolute Gasteiger partial charge is 0.294 e. The number of nitrogens with zero attached hydrogens (tertiary/aromatic N) is 1. The molecule has 0 bridgehead atoms. The van der Waals surface area contributed by atoms with E-state index >= 15 is 0 Å². The summed E-state index contributed by atoms with van der Waals surface area (Å²) in [5.74, 6) is 5.28. The van der Waals surface area contributed by atoms with Crippen LogP contribution in [-0.2, 0) is 11.3 Å². The molecule has 3 N–H and O–H groups in total. The molecule has 0 saturated heterocycles. The highest BCUT2D eigenvalue weighted by Crippen LogP contribution is 2.27. The summed E-state index contributed by atoms with van der Waals surface area (Å²) in [6, 6.07) is 4.76. The Hall–Kier alpha value is -1.66. The van der Waals surface area contributed by atoms with Crippen LogP contribution in [-0.4, -0.2) is 11.5 Å². The van der Waals surface area contributed by atoms with Gasteiger partial charge in [-0.25, -0.2) is 0 Å². The van der Waals surface area contributed by atoms with Gasteiger partial charge < -0.3 is 10.2 Å². The fourth-order valence-corrected chi connectivity index (χ4v) is 1.35. The summed E-state index contributed by atoms with van der Waals surface area (Å²) in [5.41, 5.74) is 3.30. The third-order valence-electron chi connectivity index (χ3n) is 2.08. The Morgan fingerprint density at radius 2 is 2.31 bits per heavy atom. The number of nitrogens with one attached hydrogen (secondary N) is 1. The van der Waals surface area contributed by atoms with E-state index in [1.807, 2.05) is 6.92 Å². The van der Waals surface area contributed by atoms with Crippen LogP contribution in [0.2, 0.25) is 0 Å². The maximum absolute atomic E-state index is 10.7. The predicted octanol–water partition coefficient (Wildman–Crippen LogP) is 1.81. The zero-order valence-corrected chi connectivity index (χ0v) is 9.10. The molecule has 0 aliphatic carbocycles. The molecule has 16 heavy (non-hydrogen) atoms. The second-order valence-electron chi connectivity index (χ2n) is 3.27. The van der Waals surface area contributed by atoms with Gasteiger partial charge in [0.25, 0.3) is 5.69 Å². The molecule has 0 radical (unpaired) electrons. The van der Waals surface area contributed by atoms with Gasteiger partial charge in [0.15, 0.2) is 0 Å². The van der Waals surface area contributed by atoms with E-state index in [1.165, 1.54) is 6.07 Å². The molecule has 0 amide bonds. The van der Waals surface area contributed by atoms with Gasteiger partial charge in [-0.1, -0.05) is 19.1 Å². The fourth-order valence-electron chi connectivity index (χ4n) is 1.35. The first kappa shape index (κ1) is 12.4. The summed E-state index contributed by atoms with van der Waals surface area (Å²) in [4.78, 5) is 10.3. The molecule has 0 aromatic heterocycles. The van der Waals surface area contributed by atoms with E-state index in [2.05, 4.69) is 5.43 Å². The number of ether oxygens (including phenoxy) is 1. The number of nitrogen functional groups attached to an aromatic ring is 1. The highest BCUT2D eigenvalue weighted by molar-refractivity contribution is 5.65. The van der Waals surface area contributed by atoms with Crippen LogP contribution < -0.4 is 11.3 Å². The number of benzene rings is 1. The Kier molecular flexibility index (Phi) is 4.68. The number of hydrogen-bond donors (Lipinski definition) is 2. The molecule has 0 fully saturated rings. The van der Waals surface area contributed by atoms with Crippen molar-refractivity contribution in [2.24, 2.45) is 5.84 Å². The van der Waals surface area contributed by atoms with E-state index in [9.17, 15) is 10.1 Å². The number of anilines is 1. The number of para-hydroxylation sites is 1. The number of rotatable bonds is 6. The quantitative estimate of drug-likeness (QED) is 0.333. The van der Waals surface area contributed by atoms with Crippen molar-refractivity contribution in [3.8, 4) is 0 Å². The van der Waals surface area contributed by atoms with Crippen molar-refractivity contribution in [3.05, 3.63) is 33.9 Å². The first-order valence-corrected chi connectivity index (χ1v) is 5.01. The summed E-state index contributed by atoms with van der Waals surface area (Å²) in [5, 5.41) is 10.7. The topological polar surface area (TPSA) is 90.4 Å². The summed E-state index contributed by atoms with van der Waals surface area (Å²) in [7, 11) is 0. The zero-order chi connectivity index (χ0) is 12.0. The molecule has 0 unspecified atom stereocenters. The minimum absolute atomic E-state index is 0.0416. The molecule has 1 aromatic carbocycles. The molecule has 0 spiro atoms. The van der Waals surface area contributed by atoms with Gasteiger partial charge in [0, 0.05) is 18.2 Å². The van der Waals surface area contributed by atoms with Crippen LogP contribution in [0.15, 0.2) is 18.2 Å². The Morgan fingerprint density at radius 3 is 2.88 bits per heavy atom. The lowest BCUT2D eigenvalue weighted by molar-refractivity contribution is -0.384. The molecular weight excluding hydrogens is 210 g/mol. The summed E-state index contributed by atoms with van der Waals surface area (Å²) in [6.45, 7) is 2.93. The molecule has 1 aromatic rings. The number of hydrogen-bond acceptors (Lipinski definition) is 5. The second-order valence-corrected chi connectivity index (χ2v) is 3.27. The molecule has 88 valence electrons. The Bertz CT molecular complexity index is 368. The van der Waals surface area contributed by atoms with Crippen LogP contribution >= 0.6 is 0 Å². The number of nitro groups is 1. The first-order chi connectivity index (χ1) is 7.70. The molecular formula is C10H15N3O3. The molecule has 0 aliphatic rings. The number of nitro benzene ring substituents is 1. The van der Waals surface area contributed by atoms with E-state index < -0.39 is 4.92 Å². The van der Waals surface area contributed by atoms with Gasteiger partial charge in [-0.05, 0) is 6.42 Å². The minimum atomic E-state index is -0.474. The summed E-state index contributed by atoms with van der Waals surface area (Å²) < 4.78 is 5.33. The summed E-state index contributed by atoms with van der Waals surface area (Å²) in [6.07, 6.45) is 0.903. The minimum Gasteiger partial charge on any atom is -0.377 e. The van der Waals surface area contributed by atoms with E-state index in [-0.39, 0.29) is 5.69 Å². The fraction of sp³-hybridized carbons (Fsp3) is 0.400. The standard InChI is InChI=1S/C10H15N3O3/c1-2-6-16-7-8-4-3-5-9(13(14)15)10(8)12-11/h3-5,12H,2,6-7,11H2,1H3. The molecule has 0 atom stereocenters. The van der Waals surface area contributed by atoms with Crippen LogP contribution in [0.25, 0.3) is 0 Å². The van der Waals surface area contributed by atoms with Crippen molar-refractivity contribution in [3.63, 3.8) is 0 Å². The number of hydrazine groups is 1. The van der Waals surface area contributed by atoms with Crippen molar-refractivity contribution in [1.29, 1.82) is 0 Å². The van der Waals surface area contributed by atoms with Gasteiger partial charge >= 0.3 is 0 Å². The van der Waals surface area contributed by atoms with Crippen LogP contribution in [0.3, 0.4) is 0 Å². The van der Waals surface area contributed by atoms with Crippen molar-refractivity contribution in [2.45, 2.75) is 20.0 Å².